The van der Waals surface area contributed by atoms with Crippen LogP contribution >= 0.6 is 8.58 Å². The first kappa shape index (κ1) is 23.6. The predicted molar refractivity (Wildman–Crippen MR) is 128 cm³/mol. The van der Waals surface area contributed by atoms with Crippen LogP contribution in [0.4, 0.5) is 0 Å². The van der Waals surface area contributed by atoms with E-state index >= 15 is 0 Å². The maximum Gasteiger partial charge on any atom is 0.186 e. The highest BCUT2D eigenvalue weighted by atomic mass is 31.1. The zero-order valence-corrected chi connectivity index (χ0v) is 20.2. The van der Waals surface area contributed by atoms with Crippen LogP contribution in [-0.2, 0) is 0 Å². The summed E-state index contributed by atoms with van der Waals surface area (Å²) in [7, 11) is 0.140. The first-order chi connectivity index (χ1) is 13.8. The second-order valence-corrected chi connectivity index (χ2v) is 9.54. The topological polar surface area (TPSA) is 26.3 Å². The third-order valence-corrected chi connectivity index (χ3v) is 7.37. The van der Waals surface area contributed by atoms with Gasteiger partial charge in [0.1, 0.15) is 5.75 Å². The quantitative estimate of drug-likeness (QED) is 0.394. The van der Waals surface area contributed by atoms with Crippen LogP contribution in [0.5, 0.6) is 5.75 Å². The van der Waals surface area contributed by atoms with Crippen molar-refractivity contribution in [2.75, 3.05) is 6.61 Å². The van der Waals surface area contributed by atoms with Gasteiger partial charge in [-0.05, 0) is 101 Å². The Morgan fingerprint density at radius 2 is 1.69 bits per heavy atom. The molecule has 2 atom stereocenters. The van der Waals surface area contributed by atoms with Gasteiger partial charge in [0, 0.05) is 5.56 Å². The van der Waals surface area contributed by atoms with E-state index in [4.69, 9.17) is 4.74 Å². The van der Waals surface area contributed by atoms with Gasteiger partial charge in [-0.3, -0.25) is 4.79 Å². The van der Waals surface area contributed by atoms with Gasteiger partial charge in [-0.25, -0.2) is 0 Å². The van der Waals surface area contributed by atoms with Crippen molar-refractivity contribution in [3.63, 3.8) is 0 Å². The molecule has 2 aromatic carbocycles. The Hall–Kier alpha value is -1.66. The molecule has 0 N–H and O–H groups in total. The van der Waals surface area contributed by atoms with Crippen LogP contribution in [0.2, 0.25) is 0 Å². The second-order valence-electron chi connectivity index (χ2n) is 8.29. The van der Waals surface area contributed by atoms with E-state index < -0.39 is 0 Å². The van der Waals surface area contributed by atoms with Gasteiger partial charge in [0.2, 0.25) is 0 Å². The van der Waals surface area contributed by atoms with Crippen molar-refractivity contribution in [1.29, 1.82) is 0 Å². The summed E-state index contributed by atoms with van der Waals surface area (Å²) in [6, 6.07) is 8.31. The average molecular weight is 413 g/mol. The fourth-order valence-corrected chi connectivity index (χ4v) is 4.99. The Kier molecular flexibility index (Phi) is 8.90. The largest absolute Gasteiger partial charge is 0.493 e. The SMILES string of the molecule is CCCCC(CC)COc1ccc(PC(=O)c2c(C)cc(C)c(C)c2C)c(C)c1. The van der Waals surface area contributed by atoms with Crippen LogP contribution in [-0.4, -0.2) is 12.1 Å². The van der Waals surface area contributed by atoms with E-state index in [1.807, 2.05) is 13.0 Å². The number of hydrogen-bond acceptors (Lipinski definition) is 2. The van der Waals surface area contributed by atoms with E-state index in [9.17, 15) is 4.79 Å². The summed E-state index contributed by atoms with van der Waals surface area (Å²) in [5.74, 6) is 1.53. The molecule has 2 unspecified atom stereocenters. The summed E-state index contributed by atoms with van der Waals surface area (Å²) in [6.45, 7) is 15.7. The molecule has 0 aliphatic carbocycles. The molecular formula is C26H37O2P. The normalized spacial score (nSPS) is 12.5. The van der Waals surface area contributed by atoms with Crippen molar-refractivity contribution in [3.8, 4) is 5.75 Å². The highest BCUT2D eigenvalue weighted by Crippen LogP contribution is 2.29. The molecule has 158 valence electrons. The number of aryl methyl sites for hydroxylation is 3. The fraction of sp³-hybridized carbons (Fsp3) is 0.500. The third kappa shape index (κ3) is 6.16. The van der Waals surface area contributed by atoms with Crippen LogP contribution in [0.1, 0.15) is 77.7 Å². The molecule has 0 radical (unpaired) electrons. The number of carbonyl (C=O) groups is 1. The number of benzene rings is 2. The molecule has 0 fully saturated rings. The van der Waals surface area contributed by atoms with Gasteiger partial charge in [-0.1, -0.05) is 45.2 Å². The molecule has 2 rings (SSSR count). The van der Waals surface area contributed by atoms with Gasteiger partial charge in [-0.15, -0.1) is 0 Å². The lowest BCUT2D eigenvalue weighted by Gasteiger charge is -2.17. The van der Waals surface area contributed by atoms with E-state index in [1.54, 1.807) is 0 Å². The Morgan fingerprint density at radius 1 is 0.966 bits per heavy atom. The molecule has 2 aromatic rings. The van der Waals surface area contributed by atoms with Crippen molar-refractivity contribution >= 4 is 19.4 Å². The number of hydrogen-bond donors (Lipinski definition) is 0. The summed E-state index contributed by atoms with van der Waals surface area (Å²) in [5.41, 5.74) is 6.93. The van der Waals surface area contributed by atoms with Crippen molar-refractivity contribution < 1.29 is 9.53 Å². The van der Waals surface area contributed by atoms with Crippen molar-refractivity contribution in [3.05, 3.63) is 57.6 Å². The summed E-state index contributed by atoms with van der Waals surface area (Å²) >= 11 is 0. The Bertz CT molecular complexity index is 854. The molecule has 0 amide bonds. The van der Waals surface area contributed by atoms with E-state index in [-0.39, 0.29) is 14.1 Å². The summed E-state index contributed by atoms with van der Waals surface area (Å²) in [5, 5.41) is 1.11. The lowest BCUT2D eigenvalue weighted by atomic mass is 9.95. The van der Waals surface area contributed by atoms with Gasteiger partial charge in [0.05, 0.1) is 6.61 Å². The minimum absolute atomic E-state index is 0.140. The van der Waals surface area contributed by atoms with E-state index in [0.717, 1.165) is 46.3 Å². The maximum atomic E-state index is 13.1. The van der Waals surface area contributed by atoms with Crippen LogP contribution in [0.15, 0.2) is 24.3 Å². The molecule has 2 nitrogen and oxygen atoms in total. The monoisotopic (exact) mass is 412 g/mol. The summed E-state index contributed by atoms with van der Waals surface area (Å²) in [6.07, 6.45) is 4.88. The fourth-order valence-electron chi connectivity index (χ4n) is 3.80. The third-order valence-electron chi connectivity index (χ3n) is 6.06. The molecule has 0 aliphatic rings. The molecule has 0 bridgehead atoms. The minimum Gasteiger partial charge on any atom is -0.493 e. The van der Waals surface area contributed by atoms with E-state index in [1.165, 1.54) is 30.4 Å². The maximum absolute atomic E-state index is 13.1. The molecule has 29 heavy (non-hydrogen) atoms. The zero-order chi connectivity index (χ0) is 21.6. The Morgan fingerprint density at radius 3 is 2.31 bits per heavy atom. The van der Waals surface area contributed by atoms with Crippen molar-refractivity contribution in [2.45, 2.75) is 74.1 Å². The zero-order valence-electron chi connectivity index (χ0n) is 19.2. The molecule has 0 saturated carbocycles. The lowest BCUT2D eigenvalue weighted by Crippen LogP contribution is -2.12. The van der Waals surface area contributed by atoms with Crippen molar-refractivity contribution in [2.24, 2.45) is 5.92 Å². The smallest absolute Gasteiger partial charge is 0.186 e. The van der Waals surface area contributed by atoms with E-state index in [0.29, 0.717) is 5.92 Å². The molecule has 0 aliphatic heterocycles. The van der Waals surface area contributed by atoms with E-state index in [2.05, 4.69) is 59.7 Å². The molecule has 0 heterocycles. The van der Waals surface area contributed by atoms with Crippen LogP contribution in [0, 0.1) is 40.5 Å². The standard InChI is InChI=1S/C26H37O2P/c1-8-10-11-22(9-2)16-28-23-12-13-24(18(4)15-23)29-26(27)25-19(5)14-17(3)20(6)21(25)7/h12-15,22,29H,8-11,16H2,1-7H3. The molecule has 0 saturated heterocycles. The molecular weight excluding hydrogens is 375 g/mol. The van der Waals surface area contributed by atoms with Crippen LogP contribution < -0.4 is 10.0 Å². The number of ether oxygens (including phenoxy) is 1. The highest BCUT2D eigenvalue weighted by Gasteiger charge is 2.17. The van der Waals surface area contributed by atoms with Gasteiger partial charge in [0.25, 0.3) is 0 Å². The van der Waals surface area contributed by atoms with Crippen LogP contribution in [0.3, 0.4) is 0 Å². The highest BCUT2D eigenvalue weighted by molar-refractivity contribution is 7.66. The number of carbonyl (C=O) groups excluding carboxylic acids is 1. The number of unbranched alkanes of at least 4 members (excludes halogenated alkanes) is 1. The number of rotatable bonds is 10. The van der Waals surface area contributed by atoms with Crippen LogP contribution in [0.25, 0.3) is 0 Å². The first-order valence-corrected chi connectivity index (χ1v) is 11.9. The predicted octanol–water partition coefficient (Wildman–Crippen LogP) is 6.97. The van der Waals surface area contributed by atoms with Gasteiger partial charge in [-0.2, -0.15) is 0 Å². The second kappa shape index (κ2) is 10.9. The lowest BCUT2D eigenvalue weighted by molar-refractivity contribution is 0.108. The molecule has 0 aromatic heterocycles. The minimum atomic E-state index is 0.140. The Balaban J connectivity index is 2.10. The average Bonchev–Trinajstić information content (AvgIpc) is 2.68. The Labute approximate surface area is 179 Å². The molecule has 0 spiro atoms. The van der Waals surface area contributed by atoms with Gasteiger partial charge in [0.15, 0.2) is 5.52 Å². The van der Waals surface area contributed by atoms with Gasteiger partial charge >= 0.3 is 0 Å². The van der Waals surface area contributed by atoms with Crippen molar-refractivity contribution in [1.82, 2.24) is 0 Å². The summed E-state index contributed by atoms with van der Waals surface area (Å²) < 4.78 is 6.07. The first-order valence-electron chi connectivity index (χ1n) is 10.9. The van der Waals surface area contributed by atoms with Gasteiger partial charge < -0.3 is 4.74 Å². The molecule has 3 heteroatoms. The summed E-state index contributed by atoms with van der Waals surface area (Å²) in [4.78, 5) is 13.1.